The Balaban J connectivity index is 2.16. The molecule has 0 amide bonds. The third-order valence-corrected chi connectivity index (χ3v) is 2.68. The fourth-order valence-corrected chi connectivity index (χ4v) is 1.59. The highest BCUT2D eigenvalue weighted by Gasteiger charge is 2.07. The second-order valence-corrected chi connectivity index (χ2v) is 4.01. The van der Waals surface area contributed by atoms with Crippen molar-refractivity contribution in [3.8, 4) is 5.75 Å². The Hall–Kier alpha value is -2.10. The van der Waals surface area contributed by atoms with Gasteiger partial charge in [0.25, 0.3) is 0 Å². The van der Waals surface area contributed by atoms with Gasteiger partial charge in [-0.05, 0) is 36.8 Å². The minimum absolute atomic E-state index is 0.0583. The monoisotopic (exact) mass is 249 g/mol. The van der Waals surface area contributed by atoms with Crippen LogP contribution in [0.5, 0.6) is 5.75 Å². The van der Waals surface area contributed by atoms with Crippen LogP contribution < -0.4 is 10.5 Å². The summed E-state index contributed by atoms with van der Waals surface area (Å²) in [6.07, 6.45) is 0. The molecule has 0 spiro atoms. The summed E-state index contributed by atoms with van der Waals surface area (Å²) < 4.78 is 31.8. The maximum absolute atomic E-state index is 13.4. The summed E-state index contributed by atoms with van der Waals surface area (Å²) in [7, 11) is 0. The summed E-state index contributed by atoms with van der Waals surface area (Å²) in [5.41, 5.74) is 7.38. The molecule has 0 saturated carbocycles. The minimum Gasteiger partial charge on any atom is -0.487 e. The van der Waals surface area contributed by atoms with Gasteiger partial charge in [-0.25, -0.2) is 8.78 Å². The van der Waals surface area contributed by atoms with Crippen LogP contribution in [0.15, 0.2) is 36.4 Å². The van der Waals surface area contributed by atoms with E-state index in [0.29, 0.717) is 11.4 Å². The van der Waals surface area contributed by atoms with Crippen molar-refractivity contribution in [1.82, 2.24) is 0 Å². The predicted octanol–water partition coefficient (Wildman–Crippen LogP) is 3.43. The Morgan fingerprint density at radius 3 is 2.72 bits per heavy atom. The molecule has 0 unspecified atom stereocenters. The Morgan fingerprint density at radius 2 is 1.94 bits per heavy atom. The number of halogens is 2. The van der Waals surface area contributed by atoms with Crippen LogP contribution in [-0.4, -0.2) is 0 Å². The van der Waals surface area contributed by atoms with E-state index in [0.717, 1.165) is 23.8 Å². The lowest BCUT2D eigenvalue weighted by atomic mass is 10.2. The van der Waals surface area contributed by atoms with Gasteiger partial charge in [-0.2, -0.15) is 0 Å². The van der Waals surface area contributed by atoms with Gasteiger partial charge in [-0.1, -0.05) is 12.1 Å². The number of para-hydroxylation sites is 1. The van der Waals surface area contributed by atoms with E-state index in [9.17, 15) is 8.78 Å². The highest BCUT2D eigenvalue weighted by atomic mass is 19.1. The van der Waals surface area contributed by atoms with Gasteiger partial charge in [0.15, 0.2) is 0 Å². The van der Waals surface area contributed by atoms with Crippen LogP contribution in [0.4, 0.5) is 14.5 Å². The number of aryl methyl sites for hydroxylation is 1. The normalized spacial score (nSPS) is 10.4. The lowest BCUT2D eigenvalue weighted by Gasteiger charge is -2.11. The van der Waals surface area contributed by atoms with E-state index in [1.807, 2.05) is 13.0 Å². The molecule has 0 aliphatic rings. The molecule has 0 radical (unpaired) electrons. The zero-order valence-corrected chi connectivity index (χ0v) is 9.91. The first-order chi connectivity index (χ1) is 8.58. The molecule has 0 fully saturated rings. The molecule has 2 nitrogen and oxygen atoms in total. The van der Waals surface area contributed by atoms with Crippen molar-refractivity contribution in [3.63, 3.8) is 0 Å². The Bertz CT molecular complexity index is 568. The van der Waals surface area contributed by atoms with E-state index in [1.54, 1.807) is 12.1 Å². The predicted molar refractivity (Wildman–Crippen MR) is 66.3 cm³/mol. The van der Waals surface area contributed by atoms with Gasteiger partial charge in [0, 0.05) is 5.56 Å². The van der Waals surface area contributed by atoms with Crippen molar-refractivity contribution in [2.75, 3.05) is 5.73 Å². The van der Waals surface area contributed by atoms with Crippen molar-refractivity contribution in [3.05, 3.63) is 59.2 Å². The number of benzene rings is 2. The quantitative estimate of drug-likeness (QED) is 0.846. The lowest BCUT2D eigenvalue weighted by molar-refractivity contribution is 0.300. The van der Waals surface area contributed by atoms with E-state index in [1.165, 1.54) is 0 Å². The molecule has 0 aliphatic carbocycles. The fraction of sp³-hybridized carbons (Fsp3) is 0.143. The third-order valence-electron chi connectivity index (χ3n) is 2.68. The third kappa shape index (κ3) is 2.59. The van der Waals surface area contributed by atoms with Gasteiger partial charge in [-0.3, -0.25) is 0 Å². The van der Waals surface area contributed by atoms with Crippen molar-refractivity contribution < 1.29 is 13.5 Å². The van der Waals surface area contributed by atoms with Gasteiger partial charge < -0.3 is 10.5 Å². The van der Waals surface area contributed by atoms with Crippen LogP contribution in [0.25, 0.3) is 0 Å². The molecule has 2 aromatic rings. The molecule has 2 rings (SSSR count). The SMILES string of the molecule is Cc1cccc(OCc2cc(F)ccc2F)c1N. The Kier molecular flexibility index (Phi) is 3.46. The molecule has 0 bridgehead atoms. The molecule has 0 heterocycles. The second kappa shape index (κ2) is 5.04. The van der Waals surface area contributed by atoms with Crippen molar-refractivity contribution in [2.24, 2.45) is 0 Å². The largest absolute Gasteiger partial charge is 0.487 e. The number of nitrogen functional groups attached to an aromatic ring is 1. The molecule has 2 N–H and O–H groups in total. The van der Waals surface area contributed by atoms with Crippen LogP contribution >= 0.6 is 0 Å². The molecule has 4 heteroatoms. The van der Waals surface area contributed by atoms with Crippen molar-refractivity contribution in [2.45, 2.75) is 13.5 Å². The van der Waals surface area contributed by atoms with E-state index in [2.05, 4.69) is 0 Å². The number of hydrogen-bond donors (Lipinski definition) is 1. The van der Waals surface area contributed by atoms with E-state index in [4.69, 9.17) is 10.5 Å². The van der Waals surface area contributed by atoms with Gasteiger partial charge >= 0.3 is 0 Å². The van der Waals surface area contributed by atoms with Gasteiger partial charge in [0.2, 0.25) is 0 Å². The zero-order chi connectivity index (χ0) is 13.1. The first kappa shape index (κ1) is 12.4. The molecular weight excluding hydrogens is 236 g/mol. The highest BCUT2D eigenvalue weighted by molar-refractivity contribution is 5.57. The average Bonchev–Trinajstić information content (AvgIpc) is 2.35. The first-order valence-electron chi connectivity index (χ1n) is 5.50. The van der Waals surface area contributed by atoms with Crippen LogP contribution in [-0.2, 0) is 6.61 Å². The van der Waals surface area contributed by atoms with E-state index < -0.39 is 11.6 Å². The summed E-state index contributed by atoms with van der Waals surface area (Å²) in [6, 6.07) is 8.60. The average molecular weight is 249 g/mol. The number of hydrogen-bond acceptors (Lipinski definition) is 2. The van der Waals surface area contributed by atoms with Crippen molar-refractivity contribution in [1.29, 1.82) is 0 Å². The molecular formula is C14H13F2NO. The van der Waals surface area contributed by atoms with Gasteiger partial charge in [0.1, 0.15) is 24.0 Å². The first-order valence-corrected chi connectivity index (χ1v) is 5.50. The molecule has 94 valence electrons. The van der Waals surface area contributed by atoms with E-state index >= 15 is 0 Å². The molecule has 0 aromatic heterocycles. The maximum Gasteiger partial charge on any atom is 0.142 e. The Morgan fingerprint density at radius 1 is 1.17 bits per heavy atom. The highest BCUT2D eigenvalue weighted by Crippen LogP contribution is 2.25. The van der Waals surface area contributed by atoms with E-state index in [-0.39, 0.29) is 12.2 Å². The maximum atomic E-state index is 13.4. The number of anilines is 1. The van der Waals surface area contributed by atoms with Gasteiger partial charge in [-0.15, -0.1) is 0 Å². The van der Waals surface area contributed by atoms with Crippen LogP contribution in [0.3, 0.4) is 0 Å². The smallest absolute Gasteiger partial charge is 0.142 e. The summed E-state index contributed by atoms with van der Waals surface area (Å²) in [5, 5.41) is 0. The Labute approximate surface area is 104 Å². The zero-order valence-electron chi connectivity index (χ0n) is 9.91. The number of ether oxygens (including phenoxy) is 1. The number of nitrogens with two attached hydrogens (primary N) is 1. The molecule has 18 heavy (non-hydrogen) atoms. The standard InChI is InChI=1S/C14H13F2NO/c1-9-3-2-4-13(14(9)17)18-8-10-7-11(15)5-6-12(10)16/h2-7H,8,17H2,1H3. The van der Waals surface area contributed by atoms with Crippen LogP contribution in [0, 0.1) is 18.6 Å². The number of rotatable bonds is 3. The summed E-state index contributed by atoms with van der Waals surface area (Å²) >= 11 is 0. The lowest BCUT2D eigenvalue weighted by Crippen LogP contribution is -2.02. The van der Waals surface area contributed by atoms with Gasteiger partial charge in [0.05, 0.1) is 5.69 Å². The van der Waals surface area contributed by atoms with Crippen molar-refractivity contribution >= 4 is 5.69 Å². The minimum atomic E-state index is -0.498. The second-order valence-electron chi connectivity index (χ2n) is 4.01. The molecule has 2 aromatic carbocycles. The topological polar surface area (TPSA) is 35.2 Å². The molecule has 0 saturated heterocycles. The van der Waals surface area contributed by atoms with Crippen LogP contribution in [0.2, 0.25) is 0 Å². The summed E-state index contributed by atoms with van der Waals surface area (Å²) in [6.45, 7) is 1.79. The fourth-order valence-electron chi connectivity index (χ4n) is 1.59. The summed E-state index contributed by atoms with van der Waals surface area (Å²) in [5.74, 6) is -0.520. The molecule has 0 aliphatic heterocycles. The summed E-state index contributed by atoms with van der Waals surface area (Å²) in [4.78, 5) is 0. The van der Waals surface area contributed by atoms with Crippen LogP contribution in [0.1, 0.15) is 11.1 Å². The molecule has 0 atom stereocenters.